The lowest BCUT2D eigenvalue weighted by Crippen LogP contribution is -2.46. The Morgan fingerprint density at radius 3 is 2.38 bits per heavy atom. The molecule has 1 fully saturated rings. The SMILES string of the molecule is O=S(O)NS(=O)(=O)N1CCOCC1. The number of nitrogens with zero attached hydrogens (tertiary/aromatic N) is 1. The molecule has 2 N–H and O–H groups in total. The minimum absolute atomic E-state index is 0.201. The van der Waals surface area contributed by atoms with Gasteiger partial charge in [0, 0.05) is 13.1 Å². The summed E-state index contributed by atoms with van der Waals surface area (Å²) in [4.78, 5) is 0. The molecule has 0 spiro atoms. The number of rotatable bonds is 3. The van der Waals surface area contributed by atoms with Gasteiger partial charge < -0.3 is 4.74 Å². The van der Waals surface area contributed by atoms with Crippen molar-refractivity contribution in [2.45, 2.75) is 0 Å². The van der Waals surface area contributed by atoms with E-state index in [1.54, 1.807) is 4.13 Å². The van der Waals surface area contributed by atoms with Crippen molar-refractivity contribution in [3.8, 4) is 0 Å². The van der Waals surface area contributed by atoms with Crippen LogP contribution in [0, 0.1) is 0 Å². The molecular weight excluding hydrogens is 220 g/mol. The maximum Gasteiger partial charge on any atom is 0.292 e. The summed E-state index contributed by atoms with van der Waals surface area (Å²) in [5, 5.41) is 0. The molecule has 1 heterocycles. The van der Waals surface area contributed by atoms with Crippen molar-refractivity contribution in [1.82, 2.24) is 8.43 Å². The van der Waals surface area contributed by atoms with E-state index in [1.807, 2.05) is 0 Å². The van der Waals surface area contributed by atoms with Crippen LogP contribution in [0.5, 0.6) is 0 Å². The van der Waals surface area contributed by atoms with Gasteiger partial charge in [0.1, 0.15) is 0 Å². The van der Waals surface area contributed by atoms with Crippen LogP contribution in [0.2, 0.25) is 0 Å². The molecule has 1 unspecified atom stereocenters. The second-order valence-electron chi connectivity index (χ2n) is 2.35. The van der Waals surface area contributed by atoms with E-state index in [1.165, 1.54) is 0 Å². The normalized spacial score (nSPS) is 22.8. The predicted molar refractivity (Wildman–Crippen MR) is 45.2 cm³/mol. The average Bonchev–Trinajstić information content (AvgIpc) is 2.04. The van der Waals surface area contributed by atoms with E-state index in [0.29, 0.717) is 13.2 Å². The molecule has 0 aliphatic carbocycles. The number of nitrogens with one attached hydrogen (secondary N) is 1. The summed E-state index contributed by atoms with van der Waals surface area (Å²) in [5.41, 5.74) is 0. The Labute approximate surface area is 78.7 Å². The summed E-state index contributed by atoms with van der Waals surface area (Å²) < 4.78 is 48.5. The van der Waals surface area contributed by atoms with Crippen LogP contribution in [0.25, 0.3) is 0 Å². The highest BCUT2D eigenvalue weighted by Gasteiger charge is 2.25. The van der Waals surface area contributed by atoms with Crippen LogP contribution in [-0.4, -0.2) is 47.8 Å². The van der Waals surface area contributed by atoms with Crippen LogP contribution in [0.15, 0.2) is 0 Å². The van der Waals surface area contributed by atoms with Crippen molar-refractivity contribution < 1.29 is 21.9 Å². The van der Waals surface area contributed by atoms with Gasteiger partial charge >= 0.3 is 0 Å². The quantitative estimate of drug-likeness (QED) is 0.563. The highest BCUT2D eigenvalue weighted by atomic mass is 32.3. The Bertz CT molecular complexity index is 283. The molecule has 13 heavy (non-hydrogen) atoms. The third kappa shape index (κ3) is 3.29. The molecule has 78 valence electrons. The fraction of sp³-hybridized carbons (Fsp3) is 1.00. The van der Waals surface area contributed by atoms with Crippen molar-refractivity contribution in [3.63, 3.8) is 0 Å². The third-order valence-corrected chi connectivity index (χ3v) is 3.94. The zero-order valence-corrected chi connectivity index (χ0v) is 8.31. The molecule has 1 aliphatic heterocycles. The predicted octanol–water partition coefficient (Wildman–Crippen LogP) is -1.71. The minimum Gasteiger partial charge on any atom is -0.379 e. The van der Waals surface area contributed by atoms with Gasteiger partial charge in [-0.1, -0.05) is 4.13 Å². The van der Waals surface area contributed by atoms with Crippen LogP contribution in [0.3, 0.4) is 0 Å². The van der Waals surface area contributed by atoms with Crippen molar-refractivity contribution in [2.24, 2.45) is 0 Å². The largest absolute Gasteiger partial charge is 0.379 e. The second-order valence-corrected chi connectivity index (χ2v) is 4.98. The number of hydrogen-bond acceptors (Lipinski definition) is 4. The first-order valence-corrected chi connectivity index (χ1v) is 6.03. The molecule has 0 aromatic carbocycles. The standard InChI is InChI=1S/C4H10N2O5S2/c7-12(8)5-13(9,10)6-1-3-11-4-2-6/h5H,1-4H2,(H,7,8). The highest BCUT2D eigenvalue weighted by molar-refractivity contribution is 7.98. The fourth-order valence-corrected chi connectivity index (χ4v) is 2.70. The average molecular weight is 230 g/mol. The Balaban J connectivity index is 2.62. The van der Waals surface area contributed by atoms with E-state index in [0.717, 1.165) is 4.31 Å². The molecular formula is C4H10N2O5S2. The summed E-state index contributed by atoms with van der Waals surface area (Å²) in [7, 11) is -3.83. The van der Waals surface area contributed by atoms with E-state index in [2.05, 4.69) is 0 Å². The first kappa shape index (κ1) is 11.0. The zero-order valence-electron chi connectivity index (χ0n) is 6.67. The van der Waals surface area contributed by atoms with Gasteiger partial charge in [-0.25, -0.2) is 4.21 Å². The second kappa shape index (κ2) is 4.44. The Kier molecular flexibility index (Phi) is 3.76. The van der Waals surface area contributed by atoms with Crippen molar-refractivity contribution in [3.05, 3.63) is 0 Å². The highest BCUT2D eigenvalue weighted by Crippen LogP contribution is 2.02. The van der Waals surface area contributed by atoms with Gasteiger partial charge in [-0.2, -0.15) is 12.7 Å². The van der Waals surface area contributed by atoms with Crippen molar-refractivity contribution in [1.29, 1.82) is 0 Å². The zero-order chi connectivity index (χ0) is 9.90. The Hall–Kier alpha value is -0.0600. The lowest BCUT2D eigenvalue weighted by Gasteiger charge is -2.24. The monoisotopic (exact) mass is 230 g/mol. The van der Waals surface area contributed by atoms with Gasteiger partial charge in [-0.05, 0) is 0 Å². The Morgan fingerprint density at radius 1 is 1.38 bits per heavy atom. The molecule has 9 heteroatoms. The van der Waals surface area contributed by atoms with Crippen molar-refractivity contribution in [2.75, 3.05) is 26.3 Å². The molecule has 1 atom stereocenters. The van der Waals surface area contributed by atoms with Gasteiger partial charge in [0.25, 0.3) is 10.2 Å². The van der Waals surface area contributed by atoms with Gasteiger partial charge in [0.2, 0.25) is 11.3 Å². The molecule has 1 saturated heterocycles. The van der Waals surface area contributed by atoms with Crippen LogP contribution in [0.1, 0.15) is 0 Å². The maximum atomic E-state index is 11.2. The van der Waals surface area contributed by atoms with Gasteiger partial charge in [0.15, 0.2) is 0 Å². The lowest BCUT2D eigenvalue weighted by atomic mass is 10.5. The molecule has 7 nitrogen and oxygen atoms in total. The van der Waals surface area contributed by atoms with Crippen LogP contribution < -0.4 is 4.13 Å². The van der Waals surface area contributed by atoms with E-state index in [4.69, 9.17) is 9.29 Å². The van der Waals surface area contributed by atoms with E-state index >= 15 is 0 Å². The molecule has 1 aliphatic rings. The summed E-state index contributed by atoms with van der Waals surface area (Å²) >= 11 is -2.56. The number of morpholine rings is 1. The first-order chi connectivity index (χ1) is 6.02. The molecule has 0 radical (unpaired) electrons. The van der Waals surface area contributed by atoms with Crippen LogP contribution in [0.4, 0.5) is 0 Å². The van der Waals surface area contributed by atoms with E-state index in [-0.39, 0.29) is 13.1 Å². The summed E-state index contributed by atoms with van der Waals surface area (Å²) in [6, 6.07) is 0. The maximum absolute atomic E-state index is 11.2. The Morgan fingerprint density at radius 2 is 1.92 bits per heavy atom. The topological polar surface area (TPSA) is 95.9 Å². The number of ether oxygens (including phenoxy) is 1. The van der Waals surface area contributed by atoms with E-state index < -0.39 is 21.5 Å². The van der Waals surface area contributed by atoms with Gasteiger partial charge in [0.05, 0.1) is 13.2 Å². The minimum atomic E-state index is -3.83. The summed E-state index contributed by atoms with van der Waals surface area (Å²) in [6.45, 7) is 1.01. The fourth-order valence-electron chi connectivity index (χ4n) is 0.930. The lowest BCUT2D eigenvalue weighted by molar-refractivity contribution is 0.0728. The van der Waals surface area contributed by atoms with E-state index in [9.17, 15) is 12.6 Å². The molecule has 0 aromatic heterocycles. The van der Waals surface area contributed by atoms with Crippen LogP contribution >= 0.6 is 0 Å². The molecule has 0 aromatic rings. The van der Waals surface area contributed by atoms with Gasteiger partial charge in [-0.3, -0.25) is 4.55 Å². The molecule has 0 amide bonds. The number of hydrogen-bond donors (Lipinski definition) is 2. The molecule has 0 saturated carbocycles. The smallest absolute Gasteiger partial charge is 0.292 e. The molecule has 0 bridgehead atoms. The first-order valence-electron chi connectivity index (χ1n) is 3.48. The third-order valence-electron chi connectivity index (χ3n) is 1.49. The van der Waals surface area contributed by atoms with Gasteiger partial charge in [-0.15, -0.1) is 0 Å². The van der Waals surface area contributed by atoms with Crippen LogP contribution in [-0.2, 0) is 26.2 Å². The summed E-state index contributed by atoms with van der Waals surface area (Å²) in [5.74, 6) is 0. The summed E-state index contributed by atoms with van der Waals surface area (Å²) in [6.07, 6.45) is 0. The molecule has 1 rings (SSSR count). The van der Waals surface area contributed by atoms with Crippen molar-refractivity contribution >= 4 is 21.5 Å².